The third kappa shape index (κ3) is 4.36. The average Bonchev–Trinajstić information content (AvgIpc) is 2.69. The first-order valence-corrected chi connectivity index (χ1v) is 7.79. The quantitative estimate of drug-likeness (QED) is 0.446. The SMILES string of the molecule is COC(=O)[C@H](C(C)C)N1SC[C@H](C(=O)OC(C)(C)C)C1=O. The number of nitrogens with zero attached hydrogens (tertiary/aromatic N) is 1. The molecular formula is C14H23NO5S. The van der Waals surface area contributed by atoms with E-state index in [4.69, 9.17) is 9.47 Å². The van der Waals surface area contributed by atoms with Gasteiger partial charge in [-0.3, -0.25) is 13.9 Å². The van der Waals surface area contributed by atoms with E-state index in [9.17, 15) is 14.4 Å². The first-order valence-electron chi connectivity index (χ1n) is 6.85. The summed E-state index contributed by atoms with van der Waals surface area (Å²) < 4.78 is 11.4. The minimum Gasteiger partial charge on any atom is -0.467 e. The van der Waals surface area contributed by atoms with Crippen LogP contribution in [0.15, 0.2) is 0 Å². The Hall–Kier alpha value is -1.24. The van der Waals surface area contributed by atoms with Crippen LogP contribution in [0.2, 0.25) is 0 Å². The molecule has 2 atom stereocenters. The van der Waals surface area contributed by atoms with E-state index in [1.807, 2.05) is 13.8 Å². The number of methoxy groups -OCH3 is 1. The van der Waals surface area contributed by atoms with Gasteiger partial charge in [0.05, 0.1) is 7.11 Å². The molecule has 0 aromatic heterocycles. The number of esters is 2. The first kappa shape index (κ1) is 17.8. The summed E-state index contributed by atoms with van der Waals surface area (Å²) in [6, 6.07) is -0.695. The van der Waals surface area contributed by atoms with E-state index in [-0.39, 0.29) is 11.7 Å². The molecule has 1 aliphatic heterocycles. The highest BCUT2D eigenvalue weighted by Crippen LogP contribution is 2.33. The van der Waals surface area contributed by atoms with E-state index in [2.05, 4.69) is 0 Å². The van der Waals surface area contributed by atoms with Gasteiger partial charge in [0.25, 0.3) is 0 Å². The van der Waals surface area contributed by atoms with E-state index in [1.165, 1.54) is 23.4 Å². The summed E-state index contributed by atoms with van der Waals surface area (Å²) in [5, 5.41) is 0. The lowest BCUT2D eigenvalue weighted by molar-refractivity contribution is -0.163. The predicted molar refractivity (Wildman–Crippen MR) is 79.3 cm³/mol. The molecule has 1 fully saturated rings. The Morgan fingerprint density at radius 3 is 2.33 bits per heavy atom. The normalized spacial score (nSPS) is 20.6. The Bertz CT molecular complexity index is 430. The number of hydrogen-bond donors (Lipinski definition) is 0. The topological polar surface area (TPSA) is 72.9 Å². The van der Waals surface area contributed by atoms with Crippen LogP contribution in [0, 0.1) is 11.8 Å². The van der Waals surface area contributed by atoms with Crippen molar-refractivity contribution in [3.8, 4) is 0 Å². The van der Waals surface area contributed by atoms with Crippen molar-refractivity contribution < 1.29 is 23.9 Å². The molecule has 7 heteroatoms. The lowest BCUT2D eigenvalue weighted by Gasteiger charge is -2.27. The lowest BCUT2D eigenvalue weighted by atomic mass is 10.0. The van der Waals surface area contributed by atoms with Gasteiger partial charge in [0.2, 0.25) is 5.91 Å². The van der Waals surface area contributed by atoms with Gasteiger partial charge in [-0.15, -0.1) is 0 Å². The summed E-state index contributed by atoms with van der Waals surface area (Å²) in [5.74, 6) is -2.09. The van der Waals surface area contributed by atoms with Gasteiger partial charge in [-0.25, -0.2) is 4.79 Å². The Morgan fingerprint density at radius 2 is 1.90 bits per heavy atom. The molecule has 0 N–H and O–H groups in total. The zero-order chi connectivity index (χ0) is 16.4. The molecule has 1 rings (SSSR count). The highest BCUT2D eigenvalue weighted by molar-refractivity contribution is 7.98. The number of carbonyl (C=O) groups excluding carboxylic acids is 3. The zero-order valence-electron chi connectivity index (χ0n) is 13.3. The first-order chi connectivity index (χ1) is 9.58. The Kier molecular flexibility index (Phi) is 5.67. The van der Waals surface area contributed by atoms with Gasteiger partial charge in [-0.2, -0.15) is 0 Å². The summed E-state index contributed by atoms with van der Waals surface area (Å²) in [4.78, 5) is 36.3. The van der Waals surface area contributed by atoms with Crippen molar-refractivity contribution in [2.24, 2.45) is 11.8 Å². The van der Waals surface area contributed by atoms with Gasteiger partial charge in [0.15, 0.2) is 0 Å². The molecule has 6 nitrogen and oxygen atoms in total. The summed E-state index contributed by atoms with van der Waals surface area (Å²) in [6.45, 7) is 8.91. The van der Waals surface area contributed by atoms with Gasteiger partial charge < -0.3 is 9.47 Å². The summed E-state index contributed by atoms with van der Waals surface area (Å²) >= 11 is 1.18. The van der Waals surface area contributed by atoms with Crippen LogP contribution in [-0.4, -0.2) is 46.7 Å². The molecule has 0 spiro atoms. The second-order valence-electron chi connectivity index (χ2n) is 6.26. The van der Waals surface area contributed by atoms with Crippen LogP contribution in [-0.2, 0) is 23.9 Å². The maximum Gasteiger partial charge on any atom is 0.329 e. The van der Waals surface area contributed by atoms with Crippen molar-refractivity contribution in [1.82, 2.24) is 4.31 Å². The highest BCUT2D eigenvalue weighted by atomic mass is 32.2. The Balaban J connectivity index is 2.85. The molecule has 1 heterocycles. The minimum absolute atomic E-state index is 0.105. The number of rotatable bonds is 4. The number of amides is 1. The molecule has 1 aliphatic rings. The van der Waals surface area contributed by atoms with Crippen LogP contribution in [0.3, 0.4) is 0 Å². The maximum absolute atomic E-state index is 12.4. The van der Waals surface area contributed by atoms with Crippen molar-refractivity contribution in [2.75, 3.05) is 12.9 Å². The zero-order valence-corrected chi connectivity index (χ0v) is 14.2. The number of carbonyl (C=O) groups is 3. The number of ether oxygens (including phenoxy) is 2. The van der Waals surface area contributed by atoms with Crippen LogP contribution in [0.25, 0.3) is 0 Å². The van der Waals surface area contributed by atoms with Gasteiger partial charge in [0.1, 0.15) is 17.6 Å². The molecule has 1 amide bonds. The fraction of sp³-hybridized carbons (Fsp3) is 0.786. The van der Waals surface area contributed by atoms with Crippen LogP contribution in [0.4, 0.5) is 0 Å². The monoisotopic (exact) mass is 317 g/mol. The molecule has 120 valence electrons. The van der Waals surface area contributed by atoms with Crippen molar-refractivity contribution in [2.45, 2.75) is 46.3 Å². The summed E-state index contributed by atoms with van der Waals surface area (Å²) in [5.41, 5.74) is -0.644. The largest absolute Gasteiger partial charge is 0.467 e. The molecule has 0 aromatic rings. The summed E-state index contributed by atoms with van der Waals surface area (Å²) in [7, 11) is 1.29. The van der Waals surface area contributed by atoms with E-state index in [0.29, 0.717) is 0 Å². The molecule has 0 unspecified atom stereocenters. The fourth-order valence-electron chi connectivity index (χ4n) is 1.96. The van der Waals surface area contributed by atoms with E-state index in [1.54, 1.807) is 20.8 Å². The van der Waals surface area contributed by atoms with Gasteiger partial charge >= 0.3 is 11.9 Å². The van der Waals surface area contributed by atoms with Crippen molar-refractivity contribution >= 4 is 29.8 Å². The smallest absolute Gasteiger partial charge is 0.329 e. The molecule has 1 saturated heterocycles. The van der Waals surface area contributed by atoms with Gasteiger partial charge in [0, 0.05) is 5.75 Å². The van der Waals surface area contributed by atoms with Crippen molar-refractivity contribution in [3.05, 3.63) is 0 Å². The standard InChI is InChI=1S/C14H23NO5S/c1-8(2)10(13(18)19-6)15-11(16)9(7-21-15)12(17)20-14(3,4)5/h8-10H,7H2,1-6H3/t9-,10-/m0/s1. The van der Waals surface area contributed by atoms with E-state index in [0.717, 1.165) is 0 Å². The van der Waals surface area contributed by atoms with E-state index >= 15 is 0 Å². The molecule has 0 bridgehead atoms. The average molecular weight is 317 g/mol. The van der Waals surface area contributed by atoms with Crippen LogP contribution < -0.4 is 0 Å². The van der Waals surface area contributed by atoms with Crippen LogP contribution >= 0.6 is 11.9 Å². The van der Waals surface area contributed by atoms with Crippen molar-refractivity contribution in [3.63, 3.8) is 0 Å². The molecular weight excluding hydrogens is 294 g/mol. The molecule has 0 aliphatic carbocycles. The summed E-state index contributed by atoms with van der Waals surface area (Å²) in [6.07, 6.45) is 0. The molecule has 21 heavy (non-hydrogen) atoms. The number of hydrogen-bond acceptors (Lipinski definition) is 6. The fourth-order valence-corrected chi connectivity index (χ4v) is 3.29. The third-order valence-electron chi connectivity index (χ3n) is 2.91. The molecule has 0 aromatic carbocycles. The molecule has 0 saturated carbocycles. The maximum atomic E-state index is 12.4. The predicted octanol–water partition coefficient (Wildman–Crippen LogP) is 1.63. The lowest BCUT2D eigenvalue weighted by Crippen LogP contribution is -2.45. The Labute approximate surface area is 129 Å². The van der Waals surface area contributed by atoms with E-state index < -0.39 is 35.4 Å². The van der Waals surface area contributed by atoms with Crippen LogP contribution in [0.5, 0.6) is 0 Å². The third-order valence-corrected chi connectivity index (χ3v) is 4.08. The van der Waals surface area contributed by atoms with Gasteiger partial charge in [-0.1, -0.05) is 13.8 Å². The molecule has 0 radical (unpaired) electrons. The van der Waals surface area contributed by atoms with Crippen molar-refractivity contribution in [1.29, 1.82) is 0 Å². The minimum atomic E-state index is -0.861. The second kappa shape index (κ2) is 6.68. The Morgan fingerprint density at radius 1 is 1.33 bits per heavy atom. The second-order valence-corrected chi connectivity index (χ2v) is 7.24. The van der Waals surface area contributed by atoms with Gasteiger partial charge in [-0.05, 0) is 38.6 Å². The highest BCUT2D eigenvalue weighted by Gasteiger charge is 2.46. The van der Waals surface area contributed by atoms with Crippen LogP contribution in [0.1, 0.15) is 34.6 Å².